The predicted octanol–water partition coefficient (Wildman–Crippen LogP) is 2.72. The second-order valence-corrected chi connectivity index (χ2v) is 6.90. The Balaban J connectivity index is 1.49. The third-order valence-electron chi connectivity index (χ3n) is 4.91. The third kappa shape index (κ3) is 3.61. The van der Waals surface area contributed by atoms with Crippen molar-refractivity contribution in [1.29, 1.82) is 0 Å². The van der Waals surface area contributed by atoms with Crippen molar-refractivity contribution in [3.8, 4) is 0 Å². The van der Waals surface area contributed by atoms with Gasteiger partial charge in [0.1, 0.15) is 5.82 Å². The summed E-state index contributed by atoms with van der Waals surface area (Å²) in [5.74, 6) is -1.97. The van der Waals surface area contributed by atoms with Crippen LogP contribution in [0.25, 0.3) is 10.9 Å². The monoisotopic (exact) mass is 395 g/mol. The molecular weight excluding hydrogens is 377 g/mol. The van der Waals surface area contributed by atoms with Gasteiger partial charge in [-0.2, -0.15) is 0 Å². The molecule has 2 unspecified atom stereocenters. The molecule has 1 aliphatic rings. The normalized spacial score (nSPS) is 17.5. The number of hydrogen-bond acceptors (Lipinski definition) is 5. The number of carbonyl (C=O) groups is 2. The summed E-state index contributed by atoms with van der Waals surface area (Å²) in [6.07, 6.45) is -0.876. The molecule has 0 bridgehead atoms. The first kappa shape index (κ1) is 18.8. The maximum atomic E-state index is 14.0. The van der Waals surface area contributed by atoms with Gasteiger partial charge in [-0.15, -0.1) is 0 Å². The number of ether oxygens (including phenoxy) is 1. The number of hydrogen-bond donors (Lipinski definition) is 1. The van der Waals surface area contributed by atoms with Crippen molar-refractivity contribution >= 4 is 28.5 Å². The number of para-hydroxylation sites is 2. The molecule has 0 aliphatic carbocycles. The number of carbonyl (C=O) groups excluding carboxylic acids is 2. The SMILES string of the molecule is CC(OC(=O)C1CC(=O)N(c2ccccc2F)C1)c1nc2ccccc2c(=O)[nH]1. The lowest BCUT2D eigenvalue weighted by molar-refractivity contribution is -0.153. The summed E-state index contributed by atoms with van der Waals surface area (Å²) in [5, 5.41) is 0.441. The maximum Gasteiger partial charge on any atom is 0.311 e. The van der Waals surface area contributed by atoms with Crippen molar-refractivity contribution in [2.24, 2.45) is 5.92 Å². The molecule has 1 fully saturated rings. The first-order chi connectivity index (χ1) is 13.9. The van der Waals surface area contributed by atoms with E-state index in [1.54, 1.807) is 37.3 Å². The zero-order chi connectivity index (χ0) is 20.5. The number of amides is 1. The lowest BCUT2D eigenvalue weighted by atomic mass is 10.1. The Bertz CT molecular complexity index is 1160. The van der Waals surface area contributed by atoms with Crippen LogP contribution in [0.3, 0.4) is 0 Å². The average Bonchev–Trinajstić information content (AvgIpc) is 3.10. The minimum Gasteiger partial charge on any atom is -0.454 e. The topological polar surface area (TPSA) is 92.4 Å². The number of aromatic nitrogens is 2. The van der Waals surface area contributed by atoms with Crippen molar-refractivity contribution in [2.45, 2.75) is 19.4 Å². The van der Waals surface area contributed by atoms with Gasteiger partial charge in [0.15, 0.2) is 11.9 Å². The Labute approximate surface area is 165 Å². The van der Waals surface area contributed by atoms with Gasteiger partial charge in [0.05, 0.1) is 22.5 Å². The van der Waals surface area contributed by atoms with Gasteiger partial charge >= 0.3 is 5.97 Å². The van der Waals surface area contributed by atoms with Crippen LogP contribution in [0.1, 0.15) is 25.3 Å². The van der Waals surface area contributed by atoms with E-state index >= 15 is 0 Å². The van der Waals surface area contributed by atoms with Crippen molar-refractivity contribution < 1.29 is 18.7 Å². The Morgan fingerprint density at radius 1 is 1.21 bits per heavy atom. The Morgan fingerprint density at radius 3 is 2.72 bits per heavy atom. The number of nitrogens with zero attached hydrogens (tertiary/aromatic N) is 2. The smallest absolute Gasteiger partial charge is 0.311 e. The molecule has 0 radical (unpaired) electrons. The van der Waals surface area contributed by atoms with E-state index in [4.69, 9.17) is 4.74 Å². The Kier molecular flexibility index (Phi) is 4.84. The van der Waals surface area contributed by atoms with Crippen molar-refractivity contribution in [3.05, 3.63) is 70.5 Å². The molecule has 1 N–H and O–H groups in total. The van der Waals surface area contributed by atoms with Gasteiger partial charge in [-0.1, -0.05) is 24.3 Å². The van der Waals surface area contributed by atoms with Crippen LogP contribution in [-0.4, -0.2) is 28.4 Å². The molecule has 4 rings (SSSR count). The van der Waals surface area contributed by atoms with E-state index in [9.17, 15) is 18.8 Å². The molecule has 2 atom stereocenters. The van der Waals surface area contributed by atoms with Crippen LogP contribution in [-0.2, 0) is 14.3 Å². The minimum absolute atomic E-state index is 0.0347. The fourth-order valence-electron chi connectivity index (χ4n) is 3.39. The van der Waals surface area contributed by atoms with Crippen LogP contribution < -0.4 is 10.5 Å². The van der Waals surface area contributed by atoms with E-state index < -0.39 is 23.8 Å². The average molecular weight is 395 g/mol. The van der Waals surface area contributed by atoms with Crippen LogP contribution in [0.2, 0.25) is 0 Å². The number of benzene rings is 2. The molecule has 1 saturated heterocycles. The van der Waals surface area contributed by atoms with E-state index in [2.05, 4.69) is 9.97 Å². The highest BCUT2D eigenvalue weighted by atomic mass is 19.1. The fourth-order valence-corrected chi connectivity index (χ4v) is 3.39. The van der Waals surface area contributed by atoms with Gasteiger partial charge in [-0.25, -0.2) is 9.37 Å². The molecule has 0 spiro atoms. The van der Waals surface area contributed by atoms with Crippen LogP contribution in [0.4, 0.5) is 10.1 Å². The number of fused-ring (bicyclic) bond motifs is 1. The number of halogens is 1. The van der Waals surface area contributed by atoms with Crippen LogP contribution in [0, 0.1) is 11.7 Å². The lowest BCUT2D eigenvalue weighted by Gasteiger charge is -2.18. The van der Waals surface area contributed by atoms with E-state index in [1.807, 2.05) is 0 Å². The molecule has 29 heavy (non-hydrogen) atoms. The highest BCUT2D eigenvalue weighted by Gasteiger charge is 2.37. The summed E-state index contributed by atoms with van der Waals surface area (Å²) in [4.78, 5) is 45.3. The molecule has 1 aliphatic heterocycles. The van der Waals surface area contributed by atoms with Gasteiger partial charge in [-0.3, -0.25) is 14.4 Å². The molecule has 3 aromatic rings. The highest BCUT2D eigenvalue weighted by molar-refractivity contribution is 5.99. The highest BCUT2D eigenvalue weighted by Crippen LogP contribution is 2.29. The summed E-state index contributed by atoms with van der Waals surface area (Å²) in [7, 11) is 0. The third-order valence-corrected chi connectivity index (χ3v) is 4.91. The number of esters is 1. The number of rotatable bonds is 4. The van der Waals surface area contributed by atoms with Crippen LogP contribution in [0.15, 0.2) is 53.3 Å². The first-order valence-electron chi connectivity index (χ1n) is 9.18. The van der Waals surface area contributed by atoms with Crippen LogP contribution >= 0.6 is 0 Å². The number of anilines is 1. The first-order valence-corrected chi connectivity index (χ1v) is 9.18. The number of nitrogens with one attached hydrogen (secondary N) is 1. The molecule has 2 heterocycles. The van der Waals surface area contributed by atoms with E-state index in [0.717, 1.165) is 0 Å². The summed E-state index contributed by atoms with van der Waals surface area (Å²) >= 11 is 0. The molecular formula is C21H18FN3O4. The summed E-state index contributed by atoms with van der Waals surface area (Å²) in [5.41, 5.74) is 0.313. The zero-order valence-electron chi connectivity index (χ0n) is 15.6. The van der Waals surface area contributed by atoms with Gasteiger partial charge in [0.2, 0.25) is 5.91 Å². The van der Waals surface area contributed by atoms with Crippen molar-refractivity contribution in [1.82, 2.24) is 9.97 Å². The fraction of sp³-hybridized carbons (Fsp3) is 0.238. The number of aromatic amines is 1. The van der Waals surface area contributed by atoms with E-state index in [-0.39, 0.29) is 35.9 Å². The molecule has 0 saturated carbocycles. The summed E-state index contributed by atoms with van der Waals surface area (Å²) in [6, 6.07) is 12.8. The molecule has 1 aromatic heterocycles. The van der Waals surface area contributed by atoms with Gasteiger partial charge in [0, 0.05) is 13.0 Å². The van der Waals surface area contributed by atoms with E-state index in [1.165, 1.54) is 23.1 Å². The Morgan fingerprint density at radius 2 is 1.93 bits per heavy atom. The lowest BCUT2D eigenvalue weighted by Crippen LogP contribution is -2.27. The van der Waals surface area contributed by atoms with Crippen LogP contribution in [0.5, 0.6) is 0 Å². The maximum absolute atomic E-state index is 14.0. The second kappa shape index (κ2) is 7.46. The molecule has 1 amide bonds. The second-order valence-electron chi connectivity index (χ2n) is 6.90. The summed E-state index contributed by atoms with van der Waals surface area (Å²) in [6.45, 7) is 1.63. The standard InChI is InChI=1S/C21H18FN3O4/c1-12(19-23-16-8-4-2-6-14(16)20(27)24-19)29-21(28)13-10-18(26)25(11-13)17-9-5-3-7-15(17)22/h2-9,12-13H,10-11H2,1H3,(H,23,24,27). The predicted molar refractivity (Wildman–Crippen MR) is 104 cm³/mol. The quantitative estimate of drug-likeness (QED) is 0.686. The number of H-pyrrole nitrogens is 1. The van der Waals surface area contributed by atoms with E-state index in [0.29, 0.717) is 10.9 Å². The molecule has 2 aromatic carbocycles. The van der Waals surface area contributed by atoms with Gasteiger partial charge < -0.3 is 14.6 Å². The van der Waals surface area contributed by atoms with Gasteiger partial charge in [-0.05, 0) is 31.2 Å². The molecule has 8 heteroatoms. The zero-order valence-corrected chi connectivity index (χ0v) is 15.6. The summed E-state index contributed by atoms with van der Waals surface area (Å²) < 4.78 is 19.4. The van der Waals surface area contributed by atoms with Gasteiger partial charge in [0.25, 0.3) is 5.56 Å². The largest absolute Gasteiger partial charge is 0.454 e. The van der Waals surface area contributed by atoms with Crippen molar-refractivity contribution in [3.63, 3.8) is 0 Å². The minimum atomic E-state index is -0.808. The molecule has 148 valence electrons. The van der Waals surface area contributed by atoms with Crippen molar-refractivity contribution in [2.75, 3.05) is 11.4 Å². The Hall–Kier alpha value is -3.55. The molecule has 7 nitrogen and oxygen atoms in total.